The molecular formula is C25H28N6O. The number of hydrogen-bond acceptors (Lipinski definition) is 6. The van der Waals surface area contributed by atoms with Crippen LogP contribution in [0.2, 0.25) is 0 Å². The highest BCUT2D eigenvalue weighted by molar-refractivity contribution is 6.06. The monoisotopic (exact) mass is 428 g/mol. The fraction of sp³-hybridized carbons (Fsp3) is 0.400. The number of rotatable bonds is 3. The van der Waals surface area contributed by atoms with E-state index in [1.807, 2.05) is 18.3 Å². The number of nitrogens with one attached hydrogen (secondary N) is 2. The van der Waals surface area contributed by atoms with E-state index in [-0.39, 0.29) is 0 Å². The van der Waals surface area contributed by atoms with Gasteiger partial charge < -0.3 is 20.3 Å². The predicted molar refractivity (Wildman–Crippen MR) is 126 cm³/mol. The molecule has 1 saturated carbocycles. The van der Waals surface area contributed by atoms with Crippen LogP contribution in [0.1, 0.15) is 56.0 Å². The lowest BCUT2D eigenvalue weighted by atomic mass is 9.87. The topological polar surface area (TPSA) is 87.9 Å². The Labute approximate surface area is 186 Å². The lowest BCUT2D eigenvalue weighted by molar-refractivity contribution is 0.160. The molecule has 0 spiro atoms. The Balaban J connectivity index is 1.41. The van der Waals surface area contributed by atoms with Crippen LogP contribution in [0.15, 0.2) is 42.6 Å². The first-order valence-electron chi connectivity index (χ1n) is 11.6. The van der Waals surface area contributed by atoms with Gasteiger partial charge in [0.2, 0.25) is 5.95 Å². The predicted octanol–water partition coefficient (Wildman–Crippen LogP) is 4.61. The third-order valence-electron chi connectivity index (χ3n) is 7.02. The normalized spacial score (nSPS) is 23.4. The Kier molecular flexibility index (Phi) is 4.81. The number of aliphatic hydroxyl groups is 1. The second kappa shape index (κ2) is 7.83. The van der Waals surface area contributed by atoms with Gasteiger partial charge in [-0.2, -0.15) is 4.98 Å². The largest absolute Gasteiger partial charge is 0.385 e. The summed E-state index contributed by atoms with van der Waals surface area (Å²) in [7, 11) is 0. The lowest BCUT2D eigenvalue weighted by Gasteiger charge is -2.28. The summed E-state index contributed by atoms with van der Waals surface area (Å²) in [6.07, 6.45) is 6.20. The van der Waals surface area contributed by atoms with Crippen molar-refractivity contribution in [3.8, 4) is 0 Å². The van der Waals surface area contributed by atoms with E-state index in [2.05, 4.69) is 56.4 Å². The summed E-state index contributed by atoms with van der Waals surface area (Å²) in [5.74, 6) is 1.98. The molecule has 1 atom stereocenters. The van der Waals surface area contributed by atoms with Gasteiger partial charge in [-0.3, -0.25) is 0 Å². The lowest BCUT2D eigenvalue weighted by Crippen LogP contribution is -2.29. The average molecular weight is 429 g/mol. The molecule has 7 heteroatoms. The zero-order valence-electron chi connectivity index (χ0n) is 18.3. The standard InChI is InChI=1S/C25H28N6O/c1-15-6-9-17(10-7-15)31-20-5-3-2-4-18(20)19-13-27-25(30-24(19)31)29-22-11-8-16-12-26-14-21(32)23(16)28-22/h2-5,8,11,13,15,17,21,26,32H,6-7,9-10,12,14H2,1H3,(H,27,28,29,30)/t15?,17?,21-/m0/s1. The number of aromatic nitrogens is 4. The Bertz CT molecular complexity index is 1290. The van der Waals surface area contributed by atoms with Gasteiger partial charge in [0.25, 0.3) is 0 Å². The van der Waals surface area contributed by atoms with E-state index in [1.165, 1.54) is 36.6 Å². The first kappa shape index (κ1) is 19.6. The number of fused-ring (bicyclic) bond motifs is 4. The summed E-state index contributed by atoms with van der Waals surface area (Å²) < 4.78 is 2.43. The Hall–Kier alpha value is -3.03. The number of pyridine rings is 1. The molecule has 0 bridgehead atoms. The maximum absolute atomic E-state index is 10.3. The van der Waals surface area contributed by atoms with E-state index in [4.69, 9.17) is 4.98 Å². The Morgan fingerprint density at radius 2 is 1.88 bits per heavy atom. The third-order valence-corrected chi connectivity index (χ3v) is 7.02. The Morgan fingerprint density at radius 1 is 1.03 bits per heavy atom. The number of nitrogens with zero attached hydrogens (tertiary/aromatic N) is 4. The summed E-state index contributed by atoms with van der Waals surface area (Å²) in [5.41, 5.74) is 3.96. The molecule has 1 aliphatic carbocycles. The van der Waals surface area contributed by atoms with Crippen molar-refractivity contribution in [3.63, 3.8) is 0 Å². The molecule has 4 aromatic rings. The van der Waals surface area contributed by atoms with Crippen LogP contribution < -0.4 is 10.6 Å². The van der Waals surface area contributed by atoms with Gasteiger partial charge >= 0.3 is 0 Å². The molecular weight excluding hydrogens is 400 g/mol. The molecule has 0 radical (unpaired) electrons. The highest BCUT2D eigenvalue weighted by Gasteiger charge is 2.24. The molecule has 3 aromatic heterocycles. The zero-order chi connectivity index (χ0) is 21.7. The second-order valence-corrected chi connectivity index (χ2v) is 9.24. The van der Waals surface area contributed by atoms with Crippen molar-refractivity contribution < 1.29 is 5.11 Å². The maximum atomic E-state index is 10.3. The summed E-state index contributed by atoms with van der Waals surface area (Å²) >= 11 is 0. The van der Waals surface area contributed by atoms with Crippen molar-refractivity contribution in [1.29, 1.82) is 0 Å². The molecule has 164 valence electrons. The van der Waals surface area contributed by atoms with Gasteiger partial charge in [-0.15, -0.1) is 0 Å². The molecule has 1 fully saturated rings. The van der Waals surface area contributed by atoms with Gasteiger partial charge in [0, 0.05) is 36.1 Å². The second-order valence-electron chi connectivity index (χ2n) is 9.24. The number of aliphatic hydroxyl groups excluding tert-OH is 1. The van der Waals surface area contributed by atoms with Crippen molar-refractivity contribution in [2.75, 3.05) is 11.9 Å². The zero-order valence-corrected chi connectivity index (χ0v) is 18.3. The molecule has 1 aromatic carbocycles. The smallest absolute Gasteiger partial charge is 0.230 e. The van der Waals surface area contributed by atoms with Crippen molar-refractivity contribution in [3.05, 3.63) is 53.9 Å². The van der Waals surface area contributed by atoms with Crippen LogP contribution in [-0.2, 0) is 6.54 Å². The molecule has 4 heterocycles. The minimum Gasteiger partial charge on any atom is -0.385 e. The quantitative estimate of drug-likeness (QED) is 0.442. The minimum atomic E-state index is -0.597. The van der Waals surface area contributed by atoms with E-state index in [1.54, 1.807) is 0 Å². The molecule has 2 aliphatic rings. The van der Waals surface area contributed by atoms with Gasteiger partial charge in [-0.25, -0.2) is 9.97 Å². The van der Waals surface area contributed by atoms with Crippen molar-refractivity contribution in [1.82, 2.24) is 24.8 Å². The summed E-state index contributed by atoms with van der Waals surface area (Å²) in [4.78, 5) is 14.2. The number of hydrogen-bond donors (Lipinski definition) is 3. The highest BCUT2D eigenvalue weighted by atomic mass is 16.3. The van der Waals surface area contributed by atoms with Crippen molar-refractivity contribution in [2.24, 2.45) is 5.92 Å². The highest BCUT2D eigenvalue weighted by Crippen LogP contribution is 2.38. The molecule has 1 aliphatic heterocycles. The molecule has 6 rings (SSSR count). The summed E-state index contributed by atoms with van der Waals surface area (Å²) in [6, 6.07) is 12.9. The minimum absolute atomic E-state index is 0.459. The molecule has 0 saturated heterocycles. The van der Waals surface area contributed by atoms with Crippen LogP contribution in [0, 0.1) is 5.92 Å². The SMILES string of the molecule is CC1CCC(n2c3ccccc3c3cnc(Nc4ccc5c(n4)[C@@H](O)CNC5)nc32)CC1. The molecule has 3 N–H and O–H groups in total. The van der Waals surface area contributed by atoms with E-state index in [0.29, 0.717) is 24.4 Å². The maximum Gasteiger partial charge on any atom is 0.230 e. The fourth-order valence-electron chi connectivity index (χ4n) is 5.27. The van der Waals surface area contributed by atoms with Gasteiger partial charge in [-0.1, -0.05) is 31.2 Å². The molecule has 32 heavy (non-hydrogen) atoms. The summed E-state index contributed by atoms with van der Waals surface area (Å²) in [6.45, 7) is 3.60. The fourth-order valence-corrected chi connectivity index (χ4v) is 5.27. The van der Waals surface area contributed by atoms with Crippen LogP contribution in [0.5, 0.6) is 0 Å². The van der Waals surface area contributed by atoms with Crippen LogP contribution in [0.3, 0.4) is 0 Å². The van der Waals surface area contributed by atoms with Gasteiger partial charge in [-0.05, 0) is 49.3 Å². The van der Waals surface area contributed by atoms with Crippen LogP contribution in [0.25, 0.3) is 21.9 Å². The number of benzene rings is 1. The van der Waals surface area contributed by atoms with Crippen molar-refractivity contribution in [2.45, 2.75) is 51.3 Å². The first-order chi connectivity index (χ1) is 15.7. The van der Waals surface area contributed by atoms with E-state index < -0.39 is 6.10 Å². The van der Waals surface area contributed by atoms with Gasteiger partial charge in [0.15, 0.2) is 0 Å². The number of anilines is 2. The summed E-state index contributed by atoms with van der Waals surface area (Å²) in [5, 5.41) is 19.0. The van der Waals surface area contributed by atoms with E-state index in [0.717, 1.165) is 34.8 Å². The number of β-amino-alcohol motifs (C(OH)–C–C–N with tert-alkyl or cyclic N) is 1. The van der Waals surface area contributed by atoms with Crippen LogP contribution in [-0.4, -0.2) is 31.2 Å². The van der Waals surface area contributed by atoms with Crippen molar-refractivity contribution >= 4 is 33.7 Å². The first-order valence-corrected chi connectivity index (χ1v) is 11.6. The Morgan fingerprint density at radius 3 is 2.75 bits per heavy atom. The van der Waals surface area contributed by atoms with Gasteiger partial charge in [0.05, 0.1) is 11.2 Å². The molecule has 0 amide bonds. The van der Waals surface area contributed by atoms with E-state index in [9.17, 15) is 5.11 Å². The van der Waals surface area contributed by atoms with Crippen LogP contribution in [0.4, 0.5) is 11.8 Å². The third kappa shape index (κ3) is 3.32. The van der Waals surface area contributed by atoms with Crippen LogP contribution >= 0.6 is 0 Å². The number of para-hydroxylation sites is 1. The molecule has 7 nitrogen and oxygen atoms in total. The molecule has 0 unspecified atom stereocenters. The van der Waals surface area contributed by atoms with Gasteiger partial charge in [0.1, 0.15) is 17.6 Å². The average Bonchev–Trinajstić information content (AvgIpc) is 3.14. The van der Waals surface area contributed by atoms with E-state index >= 15 is 0 Å².